The lowest BCUT2D eigenvalue weighted by molar-refractivity contribution is 0.348. The minimum Gasteiger partial charge on any atom is -0.507 e. The highest BCUT2D eigenvalue weighted by Crippen LogP contribution is 2.36. The number of fused-ring (bicyclic) bond motifs is 1. The highest BCUT2D eigenvalue weighted by Gasteiger charge is 2.27. The van der Waals surface area contributed by atoms with Crippen LogP contribution in [0.5, 0.6) is 5.75 Å². The van der Waals surface area contributed by atoms with Crippen molar-refractivity contribution in [2.24, 2.45) is 5.10 Å². The van der Waals surface area contributed by atoms with Gasteiger partial charge in [0.2, 0.25) is 0 Å². The zero-order valence-electron chi connectivity index (χ0n) is 22.4. The van der Waals surface area contributed by atoms with Gasteiger partial charge in [0.15, 0.2) is 0 Å². The van der Waals surface area contributed by atoms with Crippen LogP contribution in [0.25, 0.3) is 11.0 Å². The Labute approximate surface area is 234 Å². The Morgan fingerprint density at radius 3 is 2.40 bits per heavy atom. The molecule has 40 heavy (non-hydrogen) atoms. The summed E-state index contributed by atoms with van der Waals surface area (Å²) in [6.45, 7) is 4.57. The van der Waals surface area contributed by atoms with Crippen LogP contribution < -0.4 is 10.5 Å². The molecule has 1 aromatic heterocycles. The average molecular weight is 560 g/mol. The Morgan fingerprint density at radius 1 is 1.00 bits per heavy atom. The molecule has 8 nitrogen and oxygen atoms in total. The molecule has 2 heterocycles. The second kappa shape index (κ2) is 12.1. The molecule has 0 unspecified atom stereocenters. The van der Waals surface area contributed by atoms with E-state index in [1.807, 2.05) is 37.3 Å². The Kier molecular flexibility index (Phi) is 8.32. The number of nitrogens with one attached hydrogen (secondary N) is 1. The molecule has 3 aromatic carbocycles. The zero-order valence-corrected chi connectivity index (χ0v) is 23.2. The lowest BCUT2D eigenvalue weighted by Crippen LogP contribution is -2.26. The van der Waals surface area contributed by atoms with Gasteiger partial charge in [0.1, 0.15) is 11.3 Å². The standard InChI is InChI=1S/C31H33N3O5S/c1-22-13-15-25(16-14-22)40(37,38)33-32-24(17-20-34-18-7-8-19-34)21-27(23-9-3-2-4-10-23)29-30(35)26-11-5-6-12-28(26)39-31(29)36/h2-6,9-16,27,33,35H,7-8,17-21H2,1H3/b32-24-/t27-/m0/s1. The smallest absolute Gasteiger partial charge is 0.343 e. The summed E-state index contributed by atoms with van der Waals surface area (Å²) < 4.78 is 31.7. The molecule has 1 aliphatic rings. The number of hydrogen-bond donors (Lipinski definition) is 2. The maximum Gasteiger partial charge on any atom is 0.343 e. The monoisotopic (exact) mass is 559 g/mol. The molecule has 1 aliphatic heterocycles. The Bertz CT molecular complexity index is 1660. The number of nitrogens with zero attached hydrogens (tertiary/aromatic N) is 2. The summed E-state index contributed by atoms with van der Waals surface area (Å²) in [5.74, 6) is -0.747. The molecular weight excluding hydrogens is 526 g/mol. The summed E-state index contributed by atoms with van der Waals surface area (Å²) in [5, 5.41) is 16.1. The molecule has 0 bridgehead atoms. The summed E-state index contributed by atoms with van der Waals surface area (Å²) in [4.78, 5) is 18.1. The van der Waals surface area contributed by atoms with Gasteiger partial charge in [0.25, 0.3) is 10.0 Å². The second-order valence-electron chi connectivity index (χ2n) is 10.2. The molecular formula is C31H33N3O5S. The lowest BCUT2D eigenvalue weighted by atomic mass is 9.86. The predicted molar refractivity (Wildman–Crippen MR) is 156 cm³/mol. The maximum atomic E-state index is 13.3. The normalized spacial score (nSPS) is 15.4. The van der Waals surface area contributed by atoms with Gasteiger partial charge in [-0.3, -0.25) is 0 Å². The number of hydrazone groups is 1. The lowest BCUT2D eigenvalue weighted by Gasteiger charge is -2.21. The molecule has 1 saturated heterocycles. The van der Waals surface area contributed by atoms with Crippen LogP contribution in [-0.4, -0.2) is 43.8 Å². The number of likely N-dealkylation sites (tertiary alicyclic amines) is 1. The first-order valence-corrected chi connectivity index (χ1v) is 15.0. The highest BCUT2D eigenvalue weighted by atomic mass is 32.2. The average Bonchev–Trinajstić information content (AvgIpc) is 3.48. The molecule has 0 radical (unpaired) electrons. The van der Waals surface area contributed by atoms with Gasteiger partial charge in [-0.25, -0.2) is 9.63 Å². The molecule has 0 aliphatic carbocycles. The van der Waals surface area contributed by atoms with Crippen molar-refractivity contribution in [2.45, 2.75) is 43.4 Å². The number of benzene rings is 3. The fourth-order valence-electron chi connectivity index (χ4n) is 5.15. The predicted octanol–water partition coefficient (Wildman–Crippen LogP) is 5.15. The third-order valence-electron chi connectivity index (χ3n) is 7.38. The quantitative estimate of drug-likeness (QED) is 0.158. The summed E-state index contributed by atoms with van der Waals surface area (Å²) in [6.07, 6.45) is 2.97. The molecule has 9 heteroatoms. The Morgan fingerprint density at radius 2 is 1.68 bits per heavy atom. The van der Waals surface area contributed by atoms with E-state index in [0.29, 0.717) is 29.6 Å². The number of hydrogen-bond acceptors (Lipinski definition) is 7. The van der Waals surface area contributed by atoms with Crippen molar-refractivity contribution in [3.63, 3.8) is 0 Å². The van der Waals surface area contributed by atoms with Crippen LogP contribution >= 0.6 is 0 Å². The second-order valence-corrected chi connectivity index (χ2v) is 11.9. The maximum absolute atomic E-state index is 13.3. The number of aryl methyl sites for hydroxylation is 1. The van der Waals surface area contributed by atoms with Crippen LogP contribution in [0.2, 0.25) is 0 Å². The van der Waals surface area contributed by atoms with E-state index in [1.54, 1.807) is 48.5 Å². The Hall–Kier alpha value is -3.95. The SMILES string of the molecule is Cc1ccc(S(=O)(=O)N/N=C(/CCN2CCCC2)C[C@@H](c2ccccc2)c2c(O)c3ccccc3oc2=O)cc1. The van der Waals surface area contributed by atoms with Gasteiger partial charge in [-0.05, 0) is 69.1 Å². The van der Waals surface area contributed by atoms with Gasteiger partial charge in [0.05, 0.1) is 15.8 Å². The molecule has 4 aromatic rings. The fraction of sp³-hybridized carbons (Fsp3) is 0.290. The number of aromatic hydroxyl groups is 1. The molecule has 0 amide bonds. The number of sulfonamides is 1. The van der Waals surface area contributed by atoms with E-state index in [4.69, 9.17) is 4.42 Å². The number of para-hydroxylation sites is 1. The molecule has 2 N–H and O–H groups in total. The van der Waals surface area contributed by atoms with Gasteiger partial charge in [-0.1, -0.05) is 60.2 Å². The van der Waals surface area contributed by atoms with E-state index in [1.165, 1.54) is 0 Å². The Balaban J connectivity index is 1.54. The van der Waals surface area contributed by atoms with Crippen molar-refractivity contribution in [2.75, 3.05) is 19.6 Å². The fourth-order valence-corrected chi connectivity index (χ4v) is 6.00. The van der Waals surface area contributed by atoms with E-state index in [2.05, 4.69) is 14.8 Å². The topological polar surface area (TPSA) is 112 Å². The third kappa shape index (κ3) is 6.26. The van der Waals surface area contributed by atoms with E-state index >= 15 is 0 Å². The highest BCUT2D eigenvalue weighted by molar-refractivity contribution is 7.89. The summed E-state index contributed by atoms with van der Waals surface area (Å²) in [5.41, 5.74) is 2.10. The van der Waals surface area contributed by atoms with E-state index in [9.17, 15) is 18.3 Å². The van der Waals surface area contributed by atoms with Crippen LogP contribution in [0.3, 0.4) is 0 Å². The van der Waals surface area contributed by atoms with Gasteiger partial charge in [-0.15, -0.1) is 0 Å². The van der Waals surface area contributed by atoms with Crippen LogP contribution in [0.15, 0.2) is 98.1 Å². The first-order valence-electron chi connectivity index (χ1n) is 13.5. The first kappa shape index (κ1) is 27.6. The van der Waals surface area contributed by atoms with Crippen molar-refractivity contribution in [1.29, 1.82) is 0 Å². The number of rotatable bonds is 10. The molecule has 1 atom stereocenters. The van der Waals surface area contributed by atoms with Crippen molar-refractivity contribution >= 4 is 26.7 Å². The van der Waals surface area contributed by atoms with E-state index in [0.717, 1.165) is 37.1 Å². The van der Waals surface area contributed by atoms with E-state index < -0.39 is 21.6 Å². The molecule has 208 valence electrons. The molecule has 0 spiro atoms. The minimum atomic E-state index is -3.90. The third-order valence-corrected chi connectivity index (χ3v) is 8.60. The summed E-state index contributed by atoms with van der Waals surface area (Å²) in [7, 11) is -3.90. The van der Waals surface area contributed by atoms with Crippen LogP contribution in [0.4, 0.5) is 0 Å². The minimum absolute atomic E-state index is 0.119. The van der Waals surface area contributed by atoms with Crippen LogP contribution in [0, 0.1) is 6.92 Å². The van der Waals surface area contributed by atoms with E-state index in [-0.39, 0.29) is 22.6 Å². The molecule has 1 fully saturated rings. The van der Waals surface area contributed by atoms with Gasteiger partial charge in [-0.2, -0.15) is 13.5 Å². The van der Waals surface area contributed by atoms with Crippen molar-refractivity contribution in [3.8, 4) is 5.75 Å². The van der Waals surface area contributed by atoms with Gasteiger partial charge < -0.3 is 14.4 Å². The largest absolute Gasteiger partial charge is 0.507 e. The molecule has 5 rings (SSSR count). The summed E-state index contributed by atoms with van der Waals surface area (Å²) in [6, 6.07) is 22.8. The summed E-state index contributed by atoms with van der Waals surface area (Å²) >= 11 is 0. The van der Waals surface area contributed by atoms with Crippen molar-refractivity contribution in [1.82, 2.24) is 9.73 Å². The van der Waals surface area contributed by atoms with Gasteiger partial charge in [0, 0.05) is 24.6 Å². The van der Waals surface area contributed by atoms with Crippen molar-refractivity contribution < 1.29 is 17.9 Å². The zero-order chi connectivity index (χ0) is 28.1. The first-order chi connectivity index (χ1) is 19.3. The molecule has 0 saturated carbocycles. The van der Waals surface area contributed by atoms with Crippen LogP contribution in [-0.2, 0) is 10.0 Å². The van der Waals surface area contributed by atoms with Gasteiger partial charge >= 0.3 is 5.63 Å². The van der Waals surface area contributed by atoms with Crippen molar-refractivity contribution in [3.05, 3.63) is 106 Å². The van der Waals surface area contributed by atoms with Crippen LogP contribution in [0.1, 0.15) is 48.3 Å².